The second kappa shape index (κ2) is 4.80. The van der Waals surface area contributed by atoms with Gasteiger partial charge >= 0.3 is 0 Å². The summed E-state index contributed by atoms with van der Waals surface area (Å²) in [6, 6.07) is 6.79. The van der Waals surface area contributed by atoms with Gasteiger partial charge in [-0.2, -0.15) is 0 Å². The van der Waals surface area contributed by atoms with Crippen LogP contribution in [0.2, 0.25) is 0 Å². The van der Waals surface area contributed by atoms with Crippen LogP contribution in [0.15, 0.2) is 29.2 Å². The number of aryl methyl sites for hydroxylation is 1. The molecule has 0 unspecified atom stereocenters. The number of hydrogen-bond donors (Lipinski definition) is 0. The Morgan fingerprint density at radius 3 is 2.64 bits per heavy atom. The Morgan fingerprint density at radius 2 is 2.07 bits per heavy atom. The van der Waals surface area contributed by atoms with Crippen LogP contribution >= 0.6 is 10.7 Å². The normalized spacial score (nSPS) is 11.6. The van der Waals surface area contributed by atoms with Crippen molar-refractivity contribution in [1.82, 2.24) is 0 Å². The lowest BCUT2D eigenvalue weighted by Crippen LogP contribution is -1.92. The molecule has 1 aromatic rings. The first kappa shape index (κ1) is 11.5. The smallest absolute Gasteiger partial charge is 0.207 e. The molecule has 2 nitrogen and oxygen atoms in total. The summed E-state index contributed by atoms with van der Waals surface area (Å²) in [6.45, 7) is 2.10. The standard InChI is InChI=1S/C10H13ClO2S/c1-2-3-5-9-6-4-7-10(8-9)14(11,12)13/h4,6-8H,2-3,5H2,1H3. The van der Waals surface area contributed by atoms with Gasteiger partial charge in [0.15, 0.2) is 0 Å². The average Bonchev–Trinajstić information content (AvgIpc) is 2.14. The van der Waals surface area contributed by atoms with Gasteiger partial charge in [-0.25, -0.2) is 8.42 Å². The summed E-state index contributed by atoms with van der Waals surface area (Å²) in [4.78, 5) is 0.188. The second-order valence-electron chi connectivity index (χ2n) is 3.19. The third-order valence-corrected chi connectivity index (χ3v) is 3.35. The Hall–Kier alpha value is -0.540. The summed E-state index contributed by atoms with van der Waals surface area (Å²) in [5.41, 5.74) is 1.02. The molecule has 0 saturated carbocycles. The van der Waals surface area contributed by atoms with Crippen LogP contribution in [0, 0.1) is 0 Å². The van der Waals surface area contributed by atoms with Crippen LogP contribution < -0.4 is 0 Å². The molecule has 0 aliphatic carbocycles. The van der Waals surface area contributed by atoms with Crippen molar-refractivity contribution in [2.24, 2.45) is 0 Å². The summed E-state index contributed by atoms with van der Waals surface area (Å²) in [7, 11) is 1.66. The molecule has 4 heteroatoms. The number of benzene rings is 1. The second-order valence-corrected chi connectivity index (χ2v) is 5.75. The van der Waals surface area contributed by atoms with Crippen LogP contribution in [0.25, 0.3) is 0 Å². The number of halogens is 1. The van der Waals surface area contributed by atoms with E-state index in [0.29, 0.717) is 0 Å². The highest BCUT2D eigenvalue weighted by molar-refractivity contribution is 8.13. The van der Waals surface area contributed by atoms with E-state index in [4.69, 9.17) is 10.7 Å². The molecule has 0 heterocycles. The maximum absolute atomic E-state index is 11.0. The van der Waals surface area contributed by atoms with Crippen LogP contribution in [0.1, 0.15) is 25.3 Å². The van der Waals surface area contributed by atoms with Crippen LogP contribution in [0.5, 0.6) is 0 Å². The van der Waals surface area contributed by atoms with Crippen LogP contribution in [-0.4, -0.2) is 8.42 Å². The van der Waals surface area contributed by atoms with Crippen LogP contribution in [0.3, 0.4) is 0 Å². The minimum atomic E-state index is -3.58. The molecular weight excluding hydrogens is 220 g/mol. The molecule has 0 spiro atoms. The van der Waals surface area contributed by atoms with E-state index >= 15 is 0 Å². The number of rotatable bonds is 4. The molecule has 0 bridgehead atoms. The molecule has 0 radical (unpaired) electrons. The third kappa shape index (κ3) is 3.31. The van der Waals surface area contributed by atoms with Gasteiger partial charge in [0.25, 0.3) is 9.05 Å². The van der Waals surface area contributed by atoms with Crippen molar-refractivity contribution in [3.05, 3.63) is 29.8 Å². The van der Waals surface area contributed by atoms with Crippen molar-refractivity contribution in [2.45, 2.75) is 31.1 Å². The Balaban J connectivity index is 2.90. The van der Waals surface area contributed by atoms with Gasteiger partial charge in [0, 0.05) is 10.7 Å². The lowest BCUT2D eigenvalue weighted by atomic mass is 10.1. The van der Waals surface area contributed by atoms with E-state index in [2.05, 4.69) is 6.92 Å². The van der Waals surface area contributed by atoms with Gasteiger partial charge in [-0.3, -0.25) is 0 Å². The first-order valence-electron chi connectivity index (χ1n) is 4.57. The highest BCUT2D eigenvalue weighted by Gasteiger charge is 2.09. The first-order valence-corrected chi connectivity index (χ1v) is 6.88. The Labute approximate surface area is 89.3 Å². The highest BCUT2D eigenvalue weighted by Crippen LogP contribution is 2.17. The lowest BCUT2D eigenvalue weighted by molar-refractivity contribution is 0.609. The Bertz CT molecular complexity index is 398. The molecule has 0 atom stereocenters. The summed E-state index contributed by atoms with van der Waals surface area (Å²) in [6.07, 6.45) is 3.06. The van der Waals surface area contributed by atoms with Crippen molar-refractivity contribution < 1.29 is 8.42 Å². The topological polar surface area (TPSA) is 34.1 Å². The third-order valence-electron chi connectivity index (χ3n) is 2.00. The molecule has 0 saturated heterocycles. The molecule has 0 N–H and O–H groups in total. The molecule has 0 aliphatic heterocycles. The van der Waals surface area contributed by atoms with Crippen molar-refractivity contribution in [3.8, 4) is 0 Å². The fourth-order valence-electron chi connectivity index (χ4n) is 1.23. The summed E-state index contributed by atoms with van der Waals surface area (Å²) >= 11 is 0. The van der Waals surface area contributed by atoms with Crippen molar-refractivity contribution >= 4 is 19.7 Å². The highest BCUT2D eigenvalue weighted by atomic mass is 35.7. The summed E-state index contributed by atoms with van der Waals surface area (Å²) in [5, 5.41) is 0. The fraction of sp³-hybridized carbons (Fsp3) is 0.400. The number of unbranched alkanes of at least 4 members (excludes halogenated alkanes) is 1. The zero-order valence-corrected chi connectivity index (χ0v) is 9.61. The number of hydrogen-bond acceptors (Lipinski definition) is 2. The molecule has 14 heavy (non-hydrogen) atoms. The Morgan fingerprint density at radius 1 is 1.36 bits per heavy atom. The van der Waals surface area contributed by atoms with E-state index in [9.17, 15) is 8.42 Å². The molecule has 0 aliphatic rings. The quantitative estimate of drug-likeness (QED) is 0.748. The monoisotopic (exact) mass is 232 g/mol. The van der Waals surface area contributed by atoms with Gasteiger partial charge in [0.05, 0.1) is 4.90 Å². The molecule has 0 fully saturated rings. The van der Waals surface area contributed by atoms with Crippen molar-refractivity contribution in [2.75, 3.05) is 0 Å². The minimum Gasteiger partial charge on any atom is -0.207 e. The average molecular weight is 233 g/mol. The molecular formula is C10H13ClO2S. The van der Waals surface area contributed by atoms with Gasteiger partial charge in [0.1, 0.15) is 0 Å². The predicted molar refractivity (Wildman–Crippen MR) is 58.1 cm³/mol. The SMILES string of the molecule is CCCCc1cccc(S(=O)(=O)Cl)c1. The van der Waals surface area contributed by atoms with Gasteiger partial charge < -0.3 is 0 Å². The Kier molecular flexibility index (Phi) is 3.96. The van der Waals surface area contributed by atoms with Gasteiger partial charge in [-0.1, -0.05) is 25.5 Å². The lowest BCUT2D eigenvalue weighted by Gasteiger charge is -2.01. The molecule has 0 amide bonds. The fourth-order valence-corrected chi connectivity index (χ4v) is 2.05. The molecule has 1 aromatic carbocycles. The first-order chi connectivity index (χ1) is 6.54. The zero-order valence-electron chi connectivity index (χ0n) is 8.03. The molecule has 78 valence electrons. The van der Waals surface area contributed by atoms with Gasteiger partial charge in [0.2, 0.25) is 0 Å². The minimum absolute atomic E-state index is 0.188. The molecule has 0 aromatic heterocycles. The van der Waals surface area contributed by atoms with E-state index in [1.54, 1.807) is 12.1 Å². The van der Waals surface area contributed by atoms with Crippen molar-refractivity contribution in [3.63, 3.8) is 0 Å². The van der Waals surface area contributed by atoms with Gasteiger partial charge in [-0.15, -0.1) is 0 Å². The van der Waals surface area contributed by atoms with E-state index in [0.717, 1.165) is 24.8 Å². The maximum Gasteiger partial charge on any atom is 0.261 e. The van der Waals surface area contributed by atoms with E-state index < -0.39 is 9.05 Å². The predicted octanol–water partition coefficient (Wildman–Crippen LogP) is 2.96. The van der Waals surface area contributed by atoms with Crippen molar-refractivity contribution in [1.29, 1.82) is 0 Å². The van der Waals surface area contributed by atoms with Gasteiger partial charge in [-0.05, 0) is 30.5 Å². The van der Waals surface area contributed by atoms with E-state index in [-0.39, 0.29) is 4.90 Å². The van der Waals surface area contributed by atoms with Crippen LogP contribution in [-0.2, 0) is 15.5 Å². The molecule has 1 rings (SSSR count). The van der Waals surface area contributed by atoms with E-state index in [1.165, 1.54) is 6.07 Å². The largest absolute Gasteiger partial charge is 0.261 e. The maximum atomic E-state index is 11.0. The zero-order chi connectivity index (χ0) is 10.6. The summed E-state index contributed by atoms with van der Waals surface area (Å²) in [5.74, 6) is 0. The summed E-state index contributed by atoms with van der Waals surface area (Å²) < 4.78 is 22.0. The van der Waals surface area contributed by atoms with E-state index in [1.807, 2.05) is 6.07 Å². The van der Waals surface area contributed by atoms with Crippen LogP contribution in [0.4, 0.5) is 0 Å².